The van der Waals surface area contributed by atoms with Gasteiger partial charge in [-0.3, -0.25) is 9.10 Å². The number of fused-ring (bicyclic) bond motifs is 1. The number of carbonyl (C=O) groups excluding carboxylic acids is 1. The number of carbonyl (C=O) groups is 1. The van der Waals surface area contributed by atoms with E-state index < -0.39 is 10.0 Å². The minimum absolute atomic E-state index is 0.163. The Bertz CT molecular complexity index is 1250. The van der Waals surface area contributed by atoms with Crippen molar-refractivity contribution < 1.29 is 17.9 Å². The van der Waals surface area contributed by atoms with E-state index >= 15 is 0 Å². The first-order valence-electron chi connectivity index (χ1n) is 9.84. The molecule has 0 spiro atoms. The Balaban J connectivity index is 1.71. The minimum atomic E-state index is -3.71. The molecule has 9 heteroatoms. The summed E-state index contributed by atoms with van der Waals surface area (Å²) in [6.07, 6.45) is 1.53. The molecule has 0 saturated carbocycles. The lowest BCUT2D eigenvalue weighted by molar-refractivity contribution is -0.114. The number of thiazole rings is 1. The molecule has 0 fully saturated rings. The van der Waals surface area contributed by atoms with Gasteiger partial charge in [-0.1, -0.05) is 23.5 Å². The van der Waals surface area contributed by atoms with Gasteiger partial charge in [0.15, 0.2) is 5.13 Å². The number of anilines is 2. The van der Waals surface area contributed by atoms with Crippen molar-refractivity contribution in [2.24, 2.45) is 0 Å². The van der Waals surface area contributed by atoms with Crippen molar-refractivity contribution in [3.05, 3.63) is 53.7 Å². The van der Waals surface area contributed by atoms with Gasteiger partial charge in [-0.25, -0.2) is 13.4 Å². The highest BCUT2D eigenvalue weighted by Gasteiger charge is 2.29. The number of aryl methyl sites for hydroxylation is 2. The van der Waals surface area contributed by atoms with Crippen LogP contribution in [0.3, 0.4) is 0 Å². The average Bonchev–Trinajstić information content (AvgIpc) is 3.12. The zero-order valence-corrected chi connectivity index (χ0v) is 19.1. The summed E-state index contributed by atoms with van der Waals surface area (Å²) in [4.78, 5) is 16.9. The molecule has 1 aliphatic rings. The van der Waals surface area contributed by atoms with Gasteiger partial charge in [0, 0.05) is 19.5 Å². The van der Waals surface area contributed by atoms with Crippen LogP contribution in [-0.4, -0.2) is 33.0 Å². The molecule has 2 heterocycles. The van der Waals surface area contributed by atoms with E-state index in [1.165, 1.54) is 29.7 Å². The Morgan fingerprint density at radius 3 is 2.77 bits per heavy atom. The summed E-state index contributed by atoms with van der Waals surface area (Å²) >= 11 is 1.41. The monoisotopic (exact) mass is 457 g/mol. The minimum Gasteiger partial charge on any atom is -0.497 e. The molecule has 3 aromatic rings. The molecule has 4 rings (SSSR count). The Morgan fingerprint density at radius 2 is 2.03 bits per heavy atom. The maximum Gasteiger partial charge on any atom is 0.264 e. The predicted octanol–water partition coefficient (Wildman–Crippen LogP) is 4.23. The highest BCUT2D eigenvalue weighted by Crippen LogP contribution is 2.38. The molecule has 162 valence electrons. The van der Waals surface area contributed by atoms with Crippen molar-refractivity contribution in [2.45, 2.75) is 31.6 Å². The van der Waals surface area contributed by atoms with Crippen LogP contribution in [0.5, 0.6) is 5.75 Å². The summed E-state index contributed by atoms with van der Waals surface area (Å²) in [5.74, 6) is 0.341. The average molecular weight is 458 g/mol. The standard InChI is InChI=1S/C22H23N3O4S2/c1-14-21(30-22(23-14)24-15(2)26)17-9-10-20-16(12-17)6-5-11-25(20)31(27,28)19-8-4-7-18(13-19)29-3/h4,7-10,12-13H,5-6,11H2,1-3H3,(H,23,24,26). The number of hydrogen-bond acceptors (Lipinski definition) is 6. The van der Waals surface area contributed by atoms with E-state index in [2.05, 4.69) is 10.3 Å². The maximum absolute atomic E-state index is 13.4. The number of sulfonamides is 1. The third-order valence-corrected chi connectivity index (χ3v) is 8.06. The number of aromatic nitrogens is 1. The summed E-state index contributed by atoms with van der Waals surface area (Å²) < 4.78 is 33.4. The number of nitrogens with one attached hydrogen (secondary N) is 1. The van der Waals surface area contributed by atoms with E-state index in [4.69, 9.17) is 4.74 Å². The molecule has 7 nitrogen and oxygen atoms in total. The maximum atomic E-state index is 13.4. The van der Waals surface area contributed by atoms with Gasteiger partial charge in [0.1, 0.15) is 5.75 Å². The van der Waals surface area contributed by atoms with E-state index in [9.17, 15) is 13.2 Å². The fraction of sp³-hybridized carbons (Fsp3) is 0.273. The summed E-state index contributed by atoms with van der Waals surface area (Å²) in [6, 6.07) is 12.3. The molecule has 0 bridgehead atoms. The third-order valence-electron chi connectivity index (χ3n) is 5.13. The van der Waals surface area contributed by atoms with E-state index in [0.717, 1.165) is 34.5 Å². The van der Waals surface area contributed by atoms with Gasteiger partial charge in [0.05, 0.1) is 28.3 Å². The summed E-state index contributed by atoms with van der Waals surface area (Å²) in [5.41, 5.74) is 3.46. The van der Waals surface area contributed by atoms with Crippen LogP contribution in [0.1, 0.15) is 24.6 Å². The van der Waals surface area contributed by atoms with Crippen LogP contribution in [-0.2, 0) is 21.2 Å². The summed E-state index contributed by atoms with van der Waals surface area (Å²) in [6.45, 7) is 3.78. The molecule has 1 aliphatic heterocycles. The third kappa shape index (κ3) is 4.15. The lowest BCUT2D eigenvalue weighted by Crippen LogP contribution is -2.35. The van der Waals surface area contributed by atoms with Crippen molar-refractivity contribution in [2.75, 3.05) is 23.3 Å². The van der Waals surface area contributed by atoms with Gasteiger partial charge < -0.3 is 10.1 Å². The number of rotatable bonds is 5. The number of amides is 1. The van der Waals surface area contributed by atoms with Crippen molar-refractivity contribution in [3.63, 3.8) is 0 Å². The number of nitrogens with zero attached hydrogens (tertiary/aromatic N) is 2. The molecule has 0 radical (unpaired) electrons. The van der Waals surface area contributed by atoms with E-state index in [0.29, 0.717) is 23.1 Å². The molecule has 0 unspecified atom stereocenters. The molecule has 31 heavy (non-hydrogen) atoms. The lowest BCUT2D eigenvalue weighted by Gasteiger charge is -2.31. The van der Waals surface area contributed by atoms with Crippen LogP contribution in [0.4, 0.5) is 10.8 Å². The number of hydrogen-bond donors (Lipinski definition) is 1. The summed E-state index contributed by atoms with van der Waals surface area (Å²) in [7, 11) is -2.19. The Kier molecular flexibility index (Phi) is 5.72. The van der Waals surface area contributed by atoms with Crippen LogP contribution in [0.15, 0.2) is 47.4 Å². The molecule has 1 amide bonds. The predicted molar refractivity (Wildman–Crippen MR) is 122 cm³/mol. The molecule has 0 saturated heterocycles. The first-order valence-corrected chi connectivity index (χ1v) is 12.1. The second-order valence-corrected chi connectivity index (χ2v) is 10.2. The molecule has 2 aromatic carbocycles. The van der Waals surface area contributed by atoms with Gasteiger partial charge in [-0.2, -0.15) is 0 Å². The lowest BCUT2D eigenvalue weighted by atomic mass is 10.00. The SMILES string of the molecule is COc1cccc(S(=O)(=O)N2CCCc3cc(-c4sc(NC(C)=O)nc4C)ccc32)c1. The van der Waals surface area contributed by atoms with E-state index in [-0.39, 0.29) is 10.8 Å². The van der Waals surface area contributed by atoms with Crippen LogP contribution >= 0.6 is 11.3 Å². The first kappa shape index (κ1) is 21.3. The van der Waals surface area contributed by atoms with Gasteiger partial charge in [0.2, 0.25) is 5.91 Å². The second kappa shape index (κ2) is 8.32. The number of benzene rings is 2. The quantitative estimate of drug-likeness (QED) is 0.619. The highest BCUT2D eigenvalue weighted by molar-refractivity contribution is 7.92. The molecule has 0 atom stereocenters. The fourth-order valence-electron chi connectivity index (χ4n) is 3.71. The van der Waals surface area contributed by atoms with Crippen LogP contribution in [0.2, 0.25) is 0 Å². The van der Waals surface area contributed by atoms with Crippen molar-refractivity contribution in [3.8, 4) is 16.2 Å². The Labute approximate surface area is 185 Å². The van der Waals surface area contributed by atoms with Crippen LogP contribution < -0.4 is 14.4 Å². The second-order valence-electron chi connectivity index (χ2n) is 7.32. The Morgan fingerprint density at radius 1 is 1.23 bits per heavy atom. The smallest absolute Gasteiger partial charge is 0.264 e. The molecular formula is C22H23N3O4S2. The van der Waals surface area contributed by atoms with Crippen molar-refractivity contribution in [1.82, 2.24) is 4.98 Å². The van der Waals surface area contributed by atoms with Crippen LogP contribution in [0.25, 0.3) is 10.4 Å². The number of methoxy groups -OCH3 is 1. The zero-order chi connectivity index (χ0) is 22.2. The normalized spacial score (nSPS) is 13.6. The highest BCUT2D eigenvalue weighted by atomic mass is 32.2. The topological polar surface area (TPSA) is 88.6 Å². The number of ether oxygens (including phenoxy) is 1. The van der Waals surface area contributed by atoms with Gasteiger partial charge >= 0.3 is 0 Å². The van der Waals surface area contributed by atoms with Gasteiger partial charge in [-0.05, 0) is 55.2 Å². The molecule has 1 aromatic heterocycles. The summed E-state index contributed by atoms with van der Waals surface area (Å²) in [5, 5.41) is 3.28. The molecule has 0 aliphatic carbocycles. The van der Waals surface area contributed by atoms with Crippen molar-refractivity contribution in [1.29, 1.82) is 0 Å². The van der Waals surface area contributed by atoms with Gasteiger partial charge in [0.25, 0.3) is 10.0 Å². The zero-order valence-electron chi connectivity index (χ0n) is 17.5. The largest absolute Gasteiger partial charge is 0.497 e. The molecular weight excluding hydrogens is 434 g/mol. The van der Waals surface area contributed by atoms with E-state index in [1.54, 1.807) is 24.3 Å². The van der Waals surface area contributed by atoms with Crippen molar-refractivity contribution >= 4 is 38.1 Å². The van der Waals surface area contributed by atoms with Gasteiger partial charge in [-0.15, -0.1) is 0 Å². The van der Waals surface area contributed by atoms with E-state index in [1.807, 2.05) is 25.1 Å². The van der Waals surface area contributed by atoms with Crippen LogP contribution in [0, 0.1) is 6.92 Å². The Hall–Kier alpha value is -2.91. The molecule has 1 N–H and O–H groups in total. The first-order chi connectivity index (χ1) is 14.8. The fourth-order valence-corrected chi connectivity index (χ4v) is 6.30.